The first-order chi connectivity index (χ1) is 23.7. The summed E-state index contributed by atoms with van der Waals surface area (Å²) in [5.41, 5.74) is 18.4. The number of pyridine rings is 1. The summed E-state index contributed by atoms with van der Waals surface area (Å²) in [5.74, 6) is 1.54. The molecule has 0 amide bonds. The van der Waals surface area contributed by atoms with E-state index in [1.165, 1.54) is 16.3 Å². The van der Waals surface area contributed by atoms with E-state index >= 15 is 0 Å². The highest BCUT2D eigenvalue weighted by molar-refractivity contribution is 6.13. The molecular weight excluding hydrogens is 589 g/mol. The molecule has 6 aromatic rings. The van der Waals surface area contributed by atoms with Gasteiger partial charge in [0.25, 0.3) is 0 Å². The highest BCUT2D eigenvalue weighted by Crippen LogP contribution is 2.36. The Morgan fingerprint density at radius 2 is 1.60 bits per heavy atom. The number of allylic oxidation sites excluding steroid dienone is 4. The topological polar surface area (TPSA) is 64.4 Å². The van der Waals surface area contributed by atoms with Crippen molar-refractivity contribution in [2.75, 3.05) is 4.90 Å². The molecule has 0 radical (unpaired) electrons. The fraction of sp³-hybridized carbons (Fsp3) is 0.0714. The van der Waals surface area contributed by atoms with Crippen LogP contribution in [0.1, 0.15) is 23.7 Å². The third-order valence-corrected chi connectivity index (χ3v) is 9.03. The van der Waals surface area contributed by atoms with Crippen molar-refractivity contribution in [1.82, 2.24) is 14.1 Å². The lowest BCUT2D eigenvalue weighted by atomic mass is 10.1. The van der Waals surface area contributed by atoms with Crippen LogP contribution >= 0.6 is 0 Å². The second-order valence-electron chi connectivity index (χ2n) is 11.8. The van der Waals surface area contributed by atoms with Crippen molar-refractivity contribution in [3.05, 3.63) is 163 Å². The van der Waals surface area contributed by atoms with E-state index in [4.69, 9.17) is 15.7 Å². The zero-order valence-corrected chi connectivity index (χ0v) is 26.7. The van der Waals surface area contributed by atoms with Crippen molar-refractivity contribution in [2.45, 2.75) is 19.4 Å². The van der Waals surface area contributed by atoms with E-state index < -0.39 is 0 Å². The molecule has 2 aliphatic heterocycles. The quantitative estimate of drug-likeness (QED) is 0.199. The third-order valence-electron chi connectivity index (χ3n) is 9.03. The van der Waals surface area contributed by atoms with Crippen LogP contribution in [0.25, 0.3) is 56.5 Å². The Kier molecular flexibility index (Phi) is 7.33. The molecule has 0 aliphatic carbocycles. The van der Waals surface area contributed by atoms with Crippen molar-refractivity contribution >= 4 is 68.0 Å². The Balaban J connectivity index is 1.46. The predicted octanol–water partition coefficient (Wildman–Crippen LogP) is 9.19. The molecule has 3 aromatic carbocycles. The van der Waals surface area contributed by atoms with Gasteiger partial charge in [-0.25, -0.2) is 4.99 Å². The van der Waals surface area contributed by atoms with Gasteiger partial charge in [-0.15, -0.1) is 0 Å². The first-order valence-electron chi connectivity index (χ1n) is 16.1. The maximum atomic E-state index is 5.94. The highest BCUT2D eigenvalue weighted by atomic mass is 15.2. The summed E-state index contributed by atoms with van der Waals surface area (Å²) in [6, 6.07) is 29.6. The average Bonchev–Trinajstić information content (AvgIpc) is 3.55. The van der Waals surface area contributed by atoms with Crippen LogP contribution < -0.4 is 10.6 Å². The lowest BCUT2D eigenvalue weighted by Gasteiger charge is -2.31. The molecule has 6 heteroatoms. The molecular formula is C42H34N6. The van der Waals surface area contributed by atoms with E-state index in [0.29, 0.717) is 0 Å². The van der Waals surface area contributed by atoms with E-state index in [0.717, 1.165) is 62.8 Å². The van der Waals surface area contributed by atoms with Gasteiger partial charge in [-0.1, -0.05) is 91.2 Å². The zero-order valence-electron chi connectivity index (χ0n) is 26.7. The van der Waals surface area contributed by atoms with Gasteiger partial charge in [0.1, 0.15) is 11.7 Å². The second-order valence-corrected chi connectivity index (χ2v) is 11.8. The van der Waals surface area contributed by atoms with Gasteiger partial charge in [-0.05, 0) is 67.6 Å². The minimum absolute atomic E-state index is 0.00768. The van der Waals surface area contributed by atoms with Gasteiger partial charge in [-0.3, -0.25) is 9.55 Å². The number of hydrogen-bond donors (Lipinski definition) is 1. The van der Waals surface area contributed by atoms with E-state index in [2.05, 4.69) is 143 Å². The van der Waals surface area contributed by atoms with E-state index in [1.54, 1.807) is 12.4 Å². The second kappa shape index (κ2) is 12.1. The van der Waals surface area contributed by atoms with Gasteiger partial charge < -0.3 is 15.2 Å². The molecule has 3 aromatic heterocycles. The highest BCUT2D eigenvalue weighted by Gasteiger charge is 2.24. The maximum absolute atomic E-state index is 5.94. The summed E-state index contributed by atoms with van der Waals surface area (Å²) in [4.78, 5) is 12.6. The number of benzene rings is 3. The third kappa shape index (κ3) is 4.75. The van der Waals surface area contributed by atoms with E-state index in [1.807, 2.05) is 24.3 Å². The van der Waals surface area contributed by atoms with Crippen LogP contribution in [0.4, 0.5) is 5.69 Å². The summed E-state index contributed by atoms with van der Waals surface area (Å²) in [6.45, 7) is 6.40. The number of fused-ring (bicyclic) bond motifs is 5. The van der Waals surface area contributed by atoms with Gasteiger partial charge in [0.05, 0.1) is 39.5 Å². The van der Waals surface area contributed by atoms with Crippen LogP contribution in [0.15, 0.2) is 151 Å². The molecule has 1 unspecified atom stereocenters. The molecule has 8 rings (SSSR count). The molecule has 2 aliphatic rings. The van der Waals surface area contributed by atoms with E-state index in [9.17, 15) is 0 Å². The van der Waals surface area contributed by atoms with Crippen LogP contribution in [0, 0.1) is 0 Å². The number of rotatable bonds is 4. The Morgan fingerprint density at radius 3 is 2.38 bits per heavy atom. The van der Waals surface area contributed by atoms with Crippen LogP contribution in [0.5, 0.6) is 0 Å². The number of para-hydroxylation sites is 3. The molecule has 5 heterocycles. The van der Waals surface area contributed by atoms with Crippen molar-refractivity contribution < 1.29 is 0 Å². The lowest BCUT2D eigenvalue weighted by Crippen LogP contribution is -2.37. The SMILES string of the molecule is C=Cc1c(/C=C\N)c2ncccc2n1C1=C=CC(N2c3ccccc3C/C=C\C=C/C2C)=NC(n2c3ccccc3c3ccccc32)=C1. The predicted molar refractivity (Wildman–Crippen MR) is 202 cm³/mol. The maximum Gasteiger partial charge on any atom is 0.143 e. The van der Waals surface area contributed by atoms with Crippen molar-refractivity contribution in [2.24, 2.45) is 10.7 Å². The van der Waals surface area contributed by atoms with Gasteiger partial charge in [0, 0.05) is 40.4 Å². The van der Waals surface area contributed by atoms with Gasteiger partial charge in [0.15, 0.2) is 0 Å². The molecule has 0 bridgehead atoms. The first kappa shape index (κ1) is 29.1. The number of nitrogens with two attached hydrogens (primary N) is 1. The minimum Gasteiger partial charge on any atom is -0.405 e. The lowest BCUT2D eigenvalue weighted by molar-refractivity contribution is 0.882. The van der Waals surface area contributed by atoms with Crippen molar-refractivity contribution in [3.63, 3.8) is 0 Å². The number of aromatic nitrogens is 3. The first-order valence-corrected chi connectivity index (χ1v) is 16.1. The summed E-state index contributed by atoms with van der Waals surface area (Å²) in [6.07, 6.45) is 20.7. The molecule has 232 valence electrons. The summed E-state index contributed by atoms with van der Waals surface area (Å²) < 4.78 is 4.40. The molecule has 0 saturated heterocycles. The molecule has 1 atom stereocenters. The standard InChI is InChI=1S/C42H34N6/c1-3-35-34(25-26-43)42-39(22-13-27-44-42)47(35)31-23-24-40(46-29(2)14-5-4-6-15-30-16-7-10-19-36(30)46)45-41(28-31)48-37-20-11-8-17-32(37)33-18-9-12-21-38(33)48/h3-14,16-22,24-29H,1,15,43H2,2H3/b6-4-,14-5-,26-25-. The van der Waals surface area contributed by atoms with Gasteiger partial charge in [0.2, 0.25) is 0 Å². The monoisotopic (exact) mass is 622 g/mol. The zero-order chi connectivity index (χ0) is 32.6. The summed E-state index contributed by atoms with van der Waals surface area (Å²) in [7, 11) is 0. The summed E-state index contributed by atoms with van der Waals surface area (Å²) >= 11 is 0. The van der Waals surface area contributed by atoms with E-state index in [-0.39, 0.29) is 6.04 Å². The van der Waals surface area contributed by atoms with Crippen LogP contribution in [-0.2, 0) is 6.42 Å². The molecule has 48 heavy (non-hydrogen) atoms. The molecule has 0 fully saturated rings. The van der Waals surface area contributed by atoms with Crippen LogP contribution in [-0.4, -0.2) is 26.0 Å². The van der Waals surface area contributed by atoms with Crippen LogP contribution in [0.2, 0.25) is 0 Å². The fourth-order valence-electron chi connectivity index (χ4n) is 6.95. The molecule has 6 nitrogen and oxygen atoms in total. The minimum atomic E-state index is 0.00768. The number of anilines is 1. The number of nitrogens with zero attached hydrogens (tertiary/aromatic N) is 5. The number of aliphatic imine (C=N–C) groups is 1. The number of amidine groups is 1. The van der Waals surface area contributed by atoms with Gasteiger partial charge in [-0.2, -0.15) is 0 Å². The van der Waals surface area contributed by atoms with Crippen molar-refractivity contribution in [3.8, 4) is 0 Å². The Hall–Kier alpha value is -6.36. The average molecular weight is 623 g/mol. The van der Waals surface area contributed by atoms with Crippen LogP contribution in [0.3, 0.4) is 0 Å². The normalized spacial score (nSPS) is 17.7. The Morgan fingerprint density at radius 1 is 0.875 bits per heavy atom. The molecule has 0 saturated carbocycles. The van der Waals surface area contributed by atoms with Crippen molar-refractivity contribution in [1.29, 1.82) is 0 Å². The summed E-state index contributed by atoms with van der Waals surface area (Å²) in [5, 5.41) is 2.34. The smallest absolute Gasteiger partial charge is 0.143 e. The number of hydrogen-bond acceptors (Lipinski definition) is 4. The Labute approximate surface area is 279 Å². The fourth-order valence-corrected chi connectivity index (χ4v) is 6.95. The van der Waals surface area contributed by atoms with Gasteiger partial charge >= 0.3 is 0 Å². The molecule has 0 spiro atoms. The Bertz CT molecular complexity index is 2420. The largest absolute Gasteiger partial charge is 0.405 e. The molecule has 2 N–H and O–H groups in total.